The van der Waals surface area contributed by atoms with Crippen LogP contribution in [0, 0.1) is 5.92 Å². The predicted octanol–water partition coefficient (Wildman–Crippen LogP) is 1.38. The molecule has 0 bridgehead atoms. The predicted molar refractivity (Wildman–Crippen MR) is 78.9 cm³/mol. The molecule has 1 saturated carbocycles. The second-order valence-electron chi connectivity index (χ2n) is 5.91. The van der Waals surface area contributed by atoms with E-state index < -0.39 is 0 Å². The zero-order valence-electron chi connectivity index (χ0n) is 12.4. The van der Waals surface area contributed by atoms with Crippen LogP contribution in [0.1, 0.15) is 52.9 Å². The van der Waals surface area contributed by atoms with Gasteiger partial charge in [-0.25, -0.2) is 4.99 Å². The molecule has 1 fully saturated rings. The first-order valence-corrected chi connectivity index (χ1v) is 7.33. The van der Waals surface area contributed by atoms with Crippen LogP contribution in [0.4, 0.5) is 0 Å². The maximum Gasteiger partial charge on any atom is 0.242 e. The van der Waals surface area contributed by atoms with E-state index in [1.165, 1.54) is 12.8 Å². The first-order chi connectivity index (χ1) is 8.97. The summed E-state index contributed by atoms with van der Waals surface area (Å²) in [5.41, 5.74) is 5.76. The molecule has 1 amide bonds. The van der Waals surface area contributed by atoms with Crippen molar-refractivity contribution in [3.05, 3.63) is 0 Å². The van der Waals surface area contributed by atoms with Gasteiger partial charge in [0.25, 0.3) is 0 Å². The SMILES string of the molecule is CC(C)CCCC(C)NC(N)=NCC(=O)NC1CC1. The van der Waals surface area contributed by atoms with E-state index in [0.717, 1.165) is 25.2 Å². The molecule has 5 heteroatoms. The number of carbonyl (C=O) groups excluding carboxylic acids is 1. The highest BCUT2D eigenvalue weighted by Crippen LogP contribution is 2.18. The lowest BCUT2D eigenvalue weighted by Gasteiger charge is -2.15. The van der Waals surface area contributed by atoms with Gasteiger partial charge in [0.15, 0.2) is 5.96 Å². The third-order valence-corrected chi connectivity index (χ3v) is 3.15. The van der Waals surface area contributed by atoms with Crippen LogP contribution in [-0.4, -0.2) is 30.5 Å². The van der Waals surface area contributed by atoms with Gasteiger partial charge in [-0.1, -0.05) is 26.7 Å². The molecule has 0 spiro atoms. The van der Waals surface area contributed by atoms with Gasteiger partial charge >= 0.3 is 0 Å². The van der Waals surface area contributed by atoms with Crippen molar-refractivity contribution >= 4 is 11.9 Å². The summed E-state index contributed by atoms with van der Waals surface area (Å²) in [5.74, 6) is 1.06. The Hall–Kier alpha value is -1.26. The maximum absolute atomic E-state index is 11.4. The largest absolute Gasteiger partial charge is 0.370 e. The van der Waals surface area contributed by atoms with Crippen LogP contribution < -0.4 is 16.4 Å². The topological polar surface area (TPSA) is 79.5 Å². The number of nitrogens with zero attached hydrogens (tertiary/aromatic N) is 1. The van der Waals surface area contributed by atoms with Crippen molar-refractivity contribution < 1.29 is 4.79 Å². The summed E-state index contributed by atoms with van der Waals surface area (Å²) >= 11 is 0. The lowest BCUT2D eigenvalue weighted by Crippen LogP contribution is -2.39. The average molecular weight is 268 g/mol. The Morgan fingerprint density at radius 3 is 2.58 bits per heavy atom. The summed E-state index contributed by atoms with van der Waals surface area (Å²) in [6, 6.07) is 0.681. The fraction of sp³-hybridized carbons (Fsp3) is 0.857. The van der Waals surface area contributed by atoms with Crippen LogP contribution in [0.5, 0.6) is 0 Å². The van der Waals surface area contributed by atoms with Crippen molar-refractivity contribution in [3.8, 4) is 0 Å². The van der Waals surface area contributed by atoms with E-state index >= 15 is 0 Å². The summed E-state index contributed by atoms with van der Waals surface area (Å²) in [4.78, 5) is 15.5. The number of guanidine groups is 1. The number of hydrogen-bond donors (Lipinski definition) is 3. The van der Waals surface area contributed by atoms with Gasteiger partial charge in [-0.3, -0.25) is 4.79 Å². The molecule has 1 rings (SSSR count). The van der Waals surface area contributed by atoms with Gasteiger partial charge in [0, 0.05) is 12.1 Å². The Labute approximate surface area is 116 Å². The van der Waals surface area contributed by atoms with Crippen molar-refractivity contribution in [2.24, 2.45) is 16.6 Å². The number of nitrogens with one attached hydrogen (secondary N) is 2. The number of nitrogens with two attached hydrogens (primary N) is 1. The summed E-state index contributed by atoms with van der Waals surface area (Å²) in [6.45, 7) is 6.67. The Morgan fingerprint density at radius 1 is 1.32 bits per heavy atom. The van der Waals surface area contributed by atoms with E-state index in [0.29, 0.717) is 18.0 Å². The van der Waals surface area contributed by atoms with Gasteiger partial charge in [0.2, 0.25) is 5.91 Å². The zero-order chi connectivity index (χ0) is 14.3. The standard InChI is InChI=1S/C14H28N4O/c1-10(2)5-4-6-11(3)17-14(15)16-9-13(19)18-12-7-8-12/h10-12H,4-9H2,1-3H3,(H,18,19)(H3,15,16,17). The van der Waals surface area contributed by atoms with Gasteiger partial charge in [0.1, 0.15) is 6.54 Å². The summed E-state index contributed by atoms with van der Waals surface area (Å²) in [6.07, 6.45) is 5.67. The van der Waals surface area contributed by atoms with Gasteiger partial charge in [-0.05, 0) is 32.1 Å². The molecule has 5 nitrogen and oxygen atoms in total. The second-order valence-corrected chi connectivity index (χ2v) is 5.91. The highest BCUT2D eigenvalue weighted by molar-refractivity contribution is 5.84. The number of aliphatic imine (C=N–C) groups is 1. The summed E-state index contributed by atoms with van der Waals surface area (Å²) in [7, 11) is 0. The van der Waals surface area contributed by atoms with Crippen LogP contribution in [0.3, 0.4) is 0 Å². The Balaban J connectivity index is 2.12. The molecule has 4 N–H and O–H groups in total. The molecule has 1 aliphatic carbocycles. The minimum Gasteiger partial charge on any atom is -0.370 e. The summed E-state index contributed by atoms with van der Waals surface area (Å²) < 4.78 is 0. The highest BCUT2D eigenvalue weighted by atomic mass is 16.2. The second kappa shape index (κ2) is 8.02. The van der Waals surface area contributed by atoms with Gasteiger partial charge < -0.3 is 16.4 Å². The van der Waals surface area contributed by atoms with Crippen LogP contribution in [0.15, 0.2) is 4.99 Å². The van der Waals surface area contributed by atoms with Crippen LogP contribution in [-0.2, 0) is 4.79 Å². The first-order valence-electron chi connectivity index (χ1n) is 7.33. The molecule has 0 aromatic carbocycles. The van der Waals surface area contributed by atoms with E-state index in [1.807, 2.05) is 0 Å². The van der Waals surface area contributed by atoms with Gasteiger partial charge in [-0.15, -0.1) is 0 Å². The van der Waals surface area contributed by atoms with E-state index in [9.17, 15) is 4.79 Å². The zero-order valence-corrected chi connectivity index (χ0v) is 12.4. The number of amides is 1. The smallest absolute Gasteiger partial charge is 0.242 e. The lowest BCUT2D eigenvalue weighted by atomic mass is 10.0. The summed E-state index contributed by atoms with van der Waals surface area (Å²) in [5, 5.41) is 6.01. The van der Waals surface area contributed by atoms with E-state index in [4.69, 9.17) is 5.73 Å². The fourth-order valence-corrected chi connectivity index (χ4v) is 1.86. The Bertz CT molecular complexity index is 311. The average Bonchev–Trinajstić information content (AvgIpc) is 3.09. The number of hydrogen-bond acceptors (Lipinski definition) is 2. The molecule has 1 aliphatic rings. The molecule has 0 aliphatic heterocycles. The van der Waals surface area contributed by atoms with E-state index in [-0.39, 0.29) is 12.5 Å². The molecule has 0 aromatic rings. The van der Waals surface area contributed by atoms with Gasteiger partial charge in [0.05, 0.1) is 0 Å². The maximum atomic E-state index is 11.4. The lowest BCUT2D eigenvalue weighted by molar-refractivity contribution is -0.119. The minimum absolute atomic E-state index is 0.0419. The third kappa shape index (κ3) is 8.46. The van der Waals surface area contributed by atoms with Crippen LogP contribution >= 0.6 is 0 Å². The Morgan fingerprint density at radius 2 is 2.00 bits per heavy atom. The highest BCUT2D eigenvalue weighted by Gasteiger charge is 2.22. The Kier molecular flexibility index (Phi) is 6.67. The van der Waals surface area contributed by atoms with E-state index in [1.54, 1.807) is 0 Å². The molecule has 1 unspecified atom stereocenters. The monoisotopic (exact) mass is 268 g/mol. The molecular weight excluding hydrogens is 240 g/mol. The van der Waals surface area contributed by atoms with Crippen molar-refractivity contribution in [2.75, 3.05) is 6.54 Å². The van der Waals surface area contributed by atoms with Crippen molar-refractivity contribution in [3.63, 3.8) is 0 Å². The van der Waals surface area contributed by atoms with Crippen LogP contribution in [0.25, 0.3) is 0 Å². The first kappa shape index (κ1) is 15.8. The minimum atomic E-state index is -0.0419. The van der Waals surface area contributed by atoms with Crippen molar-refractivity contribution in [1.29, 1.82) is 0 Å². The molecule has 19 heavy (non-hydrogen) atoms. The number of rotatable bonds is 8. The van der Waals surface area contributed by atoms with Crippen LogP contribution in [0.2, 0.25) is 0 Å². The van der Waals surface area contributed by atoms with Crippen molar-refractivity contribution in [2.45, 2.75) is 65.0 Å². The normalized spacial score (nSPS) is 17.4. The van der Waals surface area contributed by atoms with E-state index in [2.05, 4.69) is 36.4 Å². The molecule has 1 atom stereocenters. The fourth-order valence-electron chi connectivity index (χ4n) is 1.86. The molecule has 110 valence electrons. The van der Waals surface area contributed by atoms with Gasteiger partial charge in [-0.2, -0.15) is 0 Å². The molecule has 0 radical (unpaired) electrons. The quantitative estimate of drug-likeness (QED) is 0.459. The van der Waals surface area contributed by atoms with Crippen molar-refractivity contribution in [1.82, 2.24) is 10.6 Å². The third-order valence-electron chi connectivity index (χ3n) is 3.15. The molecule has 0 heterocycles. The molecule has 0 saturated heterocycles. The molecule has 0 aromatic heterocycles. The number of carbonyl (C=O) groups is 1. The molecular formula is C14H28N4O.